The Hall–Kier alpha value is -2.37. The zero-order chi connectivity index (χ0) is 18.0. The molecule has 1 aromatic carbocycles. The fraction of sp³-hybridized carbons (Fsp3) is 0.526. The van der Waals surface area contributed by atoms with Crippen LogP contribution < -0.4 is 5.32 Å². The Morgan fingerprint density at radius 2 is 1.96 bits per heavy atom. The number of urea groups is 1. The maximum atomic E-state index is 12.6. The third-order valence-corrected chi connectivity index (χ3v) is 4.28. The topological polar surface area (TPSA) is 71.3 Å². The normalized spacial score (nSPS) is 18.2. The van der Waals surface area contributed by atoms with Gasteiger partial charge in [-0.05, 0) is 47.0 Å². The van der Waals surface area contributed by atoms with Crippen LogP contribution in [-0.2, 0) is 0 Å². The highest BCUT2D eigenvalue weighted by Crippen LogP contribution is 2.31. The number of carbonyl (C=O) groups excluding carboxylic acids is 1. The Balaban J connectivity index is 1.81. The lowest BCUT2D eigenvalue weighted by Crippen LogP contribution is -2.50. The molecule has 6 heteroatoms. The summed E-state index contributed by atoms with van der Waals surface area (Å²) in [6.07, 6.45) is 2.88. The Kier molecular flexibility index (Phi) is 4.79. The molecule has 25 heavy (non-hydrogen) atoms. The number of rotatable bonds is 2. The van der Waals surface area contributed by atoms with E-state index in [1.165, 1.54) is 5.56 Å². The van der Waals surface area contributed by atoms with Gasteiger partial charge in [0.25, 0.3) is 0 Å². The van der Waals surface area contributed by atoms with Gasteiger partial charge in [-0.1, -0.05) is 35.0 Å². The van der Waals surface area contributed by atoms with Crippen LogP contribution in [0.5, 0.6) is 0 Å². The molecule has 2 heterocycles. The Bertz CT molecular complexity index is 731. The first-order valence-electron chi connectivity index (χ1n) is 8.83. The molecule has 3 rings (SSSR count). The third kappa shape index (κ3) is 4.18. The largest absolute Gasteiger partial charge is 0.337 e. The van der Waals surface area contributed by atoms with Gasteiger partial charge < -0.3 is 14.7 Å². The summed E-state index contributed by atoms with van der Waals surface area (Å²) in [4.78, 5) is 19.0. The van der Waals surface area contributed by atoms with E-state index in [0.717, 1.165) is 24.8 Å². The fourth-order valence-corrected chi connectivity index (χ4v) is 3.01. The molecule has 0 saturated carbocycles. The van der Waals surface area contributed by atoms with Crippen LogP contribution in [-0.4, -0.2) is 33.2 Å². The lowest BCUT2D eigenvalue weighted by molar-refractivity contribution is 0.126. The van der Waals surface area contributed by atoms with E-state index in [1.807, 2.05) is 56.9 Å². The second kappa shape index (κ2) is 6.86. The number of hydrogen-bond donors (Lipinski definition) is 1. The highest BCUT2D eigenvalue weighted by Gasteiger charge is 2.33. The van der Waals surface area contributed by atoms with Crippen LogP contribution in [0.3, 0.4) is 0 Å². The quantitative estimate of drug-likeness (QED) is 0.892. The minimum atomic E-state index is -0.277. The molecule has 1 fully saturated rings. The highest BCUT2D eigenvalue weighted by atomic mass is 16.5. The van der Waals surface area contributed by atoms with Crippen molar-refractivity contribution in [3.8, 4) is 11.4 Å². The molecule has 1 N–H and O–H groups in total. The van der Waals surface area contributed by atoms with Crippen molar-refractivity contribution in [2.75, 3.05) is 6.54 Å². The van der Waals surface area contributed by atoms with Gasteiger partial charge in [-0.15, -0.1) is 0 Å². The summed E-state index contributed by atoms with van der Waals surface area (Å²) in [5.74, 6) is 1.08. The first-order chi connectivity index (χ1) is 11.8. The summed E-state index contributed by atoms with van der Waals surface area (Å²) in [7, 11) is 0. The number of carbonyl (C=O) groups is 1. The van der Waals surface area contributed by atoms with E-state index in [0.29, 0.717) is 18.3 Å². The highest BCUT2D eigenvalue weighted by molar-refractivity contribution is 5.75. The molecule has 1 aliphatic heterocycles. The predicted molar refractivity (Wildman–Crippen MR) is 96.1 cm³/mol. The van der Waals surface area contributed by atoms with Gasteiger partial charge in [0.15, 0.2) is 0 Å². The molecule has 0 unspecified atom stereocenters. The van der Waals surface area contributed by atoms with Gasteiger partial charge in [-0.2, -0.15) is 4.98 Å². The van der Waals surface area contributed by atoms with Crippen molar-refractivity contribution in [2.24, 2.45) is 0 Å². The minimum absolute atomic E-state index is 0.0766. The van der Waals surface area contributed by atoms with Gasteiger partial charge in [0, 0.05) is 17.6 Å². The van der Waals surface area contributed by atoms with Crippen molar-refractivity contribution < 1.29 is 9.32 Å². The molecule has 1 saturated heterocycles. The van der Waals surface area contributed by atoms with Crippen LogP contribution >= 0.6 is 0 Å². The summed E-state index contributed by atoms with van der Waals surface area (Å²) >= 11 is 0. The maximum Gasteiger partial charge on any atom is 0.318 e. The molecule has 2 amide bonds. The summed E-state index contributed by atoms with van der Waals surface area (Å²) in [5.41, 5.74) is 1.83. The summed E-state index contributed by atoms with van der Waals surface area (Å²) in [6, 6.07) is 7.77. The molecule has 1 aliphatic rings. The maximum absolute atomic E-state index is 12.6. The van der Waals surface area contributed by atoms with Crippen molar-refractivity contribution in [1.29, 1.82) is 0 Å². The van der Waals surface area contributed by atoms with Crippen LogP contribution in [0.25, 0.3) is 11.4 Å². The summed E-state index contributed by atoms with van der Waals surface area (Å²) < 4.78 is 5.52. The number of aryl methyl sites for hydroxylation is 1. The van der Waals surface area contributed by atoms with E-state index in [4.69, 9.17) is 4.52 Å². The Labute approximate surface area is 148 Å². The van der Waals surface area contributed by atoms with Gasteiger partial charge in [-0.3, -0.25) is 0 Å². The van der Waals surface area contributed by atoms with Gasteiger partial charge in [0.05, 0.1) is 0 Å². The van der Waals surface area contributed by atoms with Gasteiger partial charge >= 0.3 is 6.03 Å². The number of nitrogens with zero attached hydrogens (tertiary/aromatic N) is 3. The Morgan fingerprint density at radius 1 is 1.24 bits per heavy atom. The first-order valence-corrected chi connectivity index (χ1v) is 8.83. The molecule has 1 aromatic heterocycles. The minimum Gasteiger partial charge on any atom is -0.337 e. The third-order valence-electron chi connectivity index (χ3n) is 4.28. The summed E-state index contributed by atoms with van der Waals surface area (Å²) in [6.45, 7) is 8.68. The van der Waals surface area contributed by atoms with Crippen molar-refractivity contribution >= 4 is 6.03 Å². The molecule has 6 nitrogen and oxygen atoms in total. The molecule has 134 valence electrons. The fourth-order valence-electron chi connectivity index (χ4n) is 3.01. The van der Waals surface area contributed by atoms with Crippen LogP contribution in [0, 0.1) is 6.92 Å². The molecule has 2 aromatic rings. The van der Waals surface area contributed by atoms with Gasteiger partial charge in [0.2, 0.25) is 11.7 Å². The standard InChI is InChI=1S/C19H26N4O2/c1-13-8-10-14(11-9-13)16-20-17(25-22-16)15-7-5-6-12-23(15)18(24)21-19(2,3)4/h8-11,15H,5-7,12H2,1-4H3,(H,21,24)/t15-/m0/s1. The van der Waals surface area contributed by atoms with E-state index in [2.05, 4.69) is 15.5 Å². The van der Waals surface area contributed by atoms with Crippen molar-refractivity contribution in [3.05, 3.63) is 35.7 Å². The summed E-state index contributed by atoms with van der Waals surface area (Å²) in [5, 5.41) is 7.15. The molecular weight excluding hydrogens is 316 g/mol. The van der Waals surface area contributed by atoms with Gasteiger partial charge in [-0.25, -0.2) is 4.79 Å². The molecular formula is C19H26N4O2. The zero-order valence-electron chi connectivity index (χ0n) is 15.4. The van der Waals surface area contributed by atoms with E-state index in [1.54, 1.807) is 0 Å². The van der Waals surface area contributed by atoms with Crippen LogP contribution in [0.2, 0.25) is 0 Å². The van der Waals surface area contributed by atoms with E-state index in [-0.39, 0.29) is 17.6 Å². The average molecular weight is 342 g/mol. The average Bonchev–Trinajstić information content (AvgIpc) is 3.04. The first kappa shape index (κ1) is 17.5. The molecule has 0 radical (unpaired) electrons. The number of amides is 2. The second-order valence-electron chi connectivity index (χ2n) is 7.71. The smallest absolute Gasteiger partial charge is 0.318 e. The van der Waals surface area contributed by atoms with Crippen molar-refractivity contribution in [1.82, 2.24) is 20.4 Å². The molecule has 0 spiro atoms. The van der Waals surface area contributed by atoms with E-state index >= 15 is 0 Å². The van der Waals surface area contributed by atoms with Crippen LogP contribution in [0.4, 0.5) is 4.79 Å². The number of piperidine rings is 1. The van der Waals surface area contributed by atoms with Crippen LogP contribution in [0.15, 0.2) is 28.8 Å². The SMILES string of the molecule is Cc1ccc(-c2noc([C@@H]3CCCCN3C(=O)NC(C)(C)C)n2)cc1. The Morgan fingerprint density at radius 3 is 2.64 bits per heavy atom. The predicted octanol–water partition coefficient (Wildman–Crippen LogP) is 4.08. The van der Waals surface area contributed by atoms with Crippen molar-refractivity contribution in [2.45, 2.75) is 58.5 Å². The molecule has 0 bridgehead atoms. The number of benzene rings is 1. The lowest BCUT2D eigenvalue weighted by atomic mass is 10.0. The number of likely N-dealkylation sites (tertiary alicyclic amines) is 1. The monoisotopic (exact) mass is 342 g/mol. The number of nitrogens with one attached hydrogen (secondary N) is 1. The van der Waals surface area contributed by atoms with Crippen LogP contribution in [0.1, 0.15) is 57.5 Å². The van der Waals surface area contributed by atoms with Gasteiger partial charge in [0.1, 0.15) is 6.04 Å². The number of hydrogen-bond acceptors (Lipinski definition) is 4. The molecule has 0 aliphatic carbocycles. The van der Waals surface area contributed by atoms with Crippen molar-refractivity contribution in [3.63, 3.8) is 0 Å². The van der Waals surface area contributed by atoms with E-state index in [9.17, 15) is 4.79 Å². The van der Waals surface area contributed by atoms with E-state index < -0.39 is 0 Å². The second-order valence-corrected chi connectivity index (χ2v) is 7.71. The number of aromatic nitrogens is 2. The lowest BCUT2D eigenvalue weighted by Gasteiger charge is -2.35. The molecule has 1 atom stereocenters. The zero-order valence-corrected chi connectivity index (χ0v) is 15.4.